The van der Waals surface area contributed by atoms with Crippen molar-refractivity contribution in [3.63, 3.8) is 0 Å². The smallest absolute Gasteiger partial charge is 0.248 e. The molecule has 0 aliphatic heterocycles. The third kappa shape index (κ3) is 2.88. The number of aromatic nitrogens is 4. The standard InChI is InChI=1S/C13H12BrN5O/c14-11-4-2-1-3-9(11)5-12-17-13(20-18-12)8-19-7-10(15)6-16-19/h1-4,6-7H,5,8,15H2. The van der Waals surface area contributed by atoms with Crippen molar-refractivity contribution in [3.8, 4) is 0 Å². The highest BCUT2D eigenvalue weighted by Crippen LogP contribution is 2.18. The fourth-order valence-corrected chi connectivity index (χ4v) is 2.27. The first-order valence-corrected chi connectivity index (χ1v) is 6.83. The van der Waals surface area contributed by atoms with Crippen molar-refractivity contribution in [2.75, 3.05) is 5.73 Å². The summed E-state index contributed by atoms with van der Waals surface area (Å²) in [7, 11) is 0. The van der Waals surface area contributed by atoms with E-state index in [1.807, 2.05) is 24.3 Å². The first kappa shape index (κ1) is 12.9. The predicted octanol–water partition coefficient (Wildman–Crippen LogP) is 2.25. The summed E-state index contributed by atoms with van der Waals surface area (Å²) in [6.45, 7) is 0.417. The summed E-state index contributed by atoms with van der Waals surface area (Å²) in [5, 5.41) is 8.05. The number of anilines is 1. The zero-order chi connectivity index (χ0) is 13.9. The van der Waals surface area contributed by atoms with Gasteiger partial charge in [-0.3, -0.25) is 4.68 Å². The predicted molar refractivity (Wildman–Crippen MR) is 77.0 cm³/mol. The lowest BCUT2D eigenvalue weighted by atomic mass is 10.1. The van der Waals surface area contributed by atoms with Crippen LogP contribution in [0.2, 0.25) is 0 Å². The average Bonchev–Trinajstić information content (AvgIpc) is 3.02. The van der Waals surface area contributed by atoms with Crippen molar-refractivity contribution < 1.29 is 4.52 Å². The number of benzene rings is 1. The van der Waals surface area contributed by atoms with Crippen molar-refractivity contribution in [1.29, 1.82) is 0 Å². The second-order valence-corrected chi connectivity index (χ2v) is 5.20. The maximum atomic E-state index is 5.60. The highest BCUT2D eigenvalue weighted by Gasteiger charge is 2.09. The minimum Gasteiger partial charge on any atom is -0.396 e. The molecular weight excluding hydrogens is 322 g/mol. The van der Waals surface area contributed by atoms with Crippen LogP contribution in [0.3, 0.4) is 0 Å². The Hall–Kier alpha value is -2.15. The molecule has 0 amide bonds. The molecule has 0 bridgehead atoms. The van der Waals surface area contributed by atoms with E-state index in [0.717, 1.165) is 10.0 Å². The van der Waals surface area contributed by atoms with Crippen molar-refractivity contribution in [2.24, 2.45) is 0 Å². The van der Waals surface area contributed by atoms with E-state index >= 15 is 0 Å². The number of rotatable bonds is 4. The molecule has 0 aliphatic carbocycles. The van der Waals surface area contributed by atoms with Crippen LogP contribution in [0.1, 0.15) is 17.3 Å². The highest BCUT2D eigenvalue weighted by atomic mass is 79.9. The zero-order valence-corrected chi connectivity index (χ0v) is 12.1. The molecule has 6 nitrogen and oxygen atoms in total. The molecule has 1 aromatic carbocycles. The Balaban J connectivity index is 1.72. The molecule has 2 heterocycles. The second-order valence-electron chi connectivity index (χ2n) is 4.34. The monoisotopic (exact) mass is 333 g/mol. The van der Waals surface area contributed by atoms with Crippen molar-refractivity contribution in [2.45, 2.75) is 13.0 Å². The van der Waals surface area contributed by atoms with Crippen LogP contribution in [-0.4, -0.2) is 19.9 Å². The largest absolute Gasteiger partial charge is 0.396 e. The molecule has 0 atom stereocenters. The number of hydrogen-bond acceptors (Lipinski definition) is 5. The van der Waals surface area contributed by atoms with Gasteiger partial charge in [-0.1, -0.05) is 39.3 Å². The van der Waals surface area contributed by atoms with Crippen LogP contribution in [0.25, 0.3) is 0 Å². The van der Waals surface area contributed by atoms with E-state index in [1.165, 1.54) is 0 Å². The van der Waals surface area contributed by atoms with Crippen LogP contribution >= 0.6 is 15.9 Å². The topological polar surface area (TPSA) is 82.8 Å². The number of nitrogen functional groups attached to an aromatic ring is 1. The van der Waals surface area contributed by atoms with E-state index < -0.39 is 0 Å². The summed E-state index contributed by atoms with van der Waals surface area (Å²) in [4.78, 5) is 4.35. The summed E-state index contributed by atoms with van der Waals surface area (Å²) in [5.41, 5.74) is 7.32. The maximum absolute atomic E-state index is 5.60. The van der Waals surface area contributed by atoms with E-state index in [1.54, 1.807) is 17.1 Å². The molecule has 0 saturated carbocycles. The van der Waals surface area contributed by atoms with Gasteiger partial charge in [0.2, 0.25) is 5.89 Å². The van der Waals surface area contributed by atoms with E-state index in [2.05, 4.69) is 31.2 Å². The highest BCUT2D eigenvalue weighted by molar-refractivity contribution is 9.10. The molecular formula is C13H12BrN5O. The van der Waals surface area contributed by atoms with E-state index in [0.29, 0.717) is 30.4 Å². The zero-order valence-electron chi connectivity index (χ0n) is 10.5. The minimum absolute atomic E-state index is 0.417. The fourth-order valence-electron chi connectivity index (χ4n) is 1.84. The quantitative estimate of drug-likeness (QED) is 0.791. The molecule has 0 spiro atoms. The second kappa shape index (κ2) is 5.46. The van der Waals surface area contributed by atoms with Gasteiger partial charge in [0.25, 0.3) is 0 Å². The lowest BCUT2D eigenvalue weighted by Crippen LogP contribution is -2.00. The third-order valence-corrected chi connectivity index (χ3v) is 3.54. The molecule has 2 aromatic heterocycles. The number of hydrogen-bond donors (Lipinski definition) is 1. The van der Waals surface area contributed by atoms with Crippen molar-refractivity contribution in [3.05, 3.63) is 58.4 Å². The molecule has 3 rings (SSSR count). The van der Waals surface area contributed by atoms with E-state index in [-0.39, 0.29) is 0 Å². The Labute approximate surface area is 123 Å². The maximum Gasteiger partial charge on any atom is 0.248 e. The van der Waals surface area contributed by atoms with Gasteiger partial charge in [-0.05, 0) is 11.6 Å². The van der Waals surface area contributed by atoms with Gasteiger partial charge in [-0.15, -0.1) is 0 Å². The Bertz CT molecular complexity index is 721. The lowest BCUT2D eigenvalue weighted by Gasteiger charge is -1.99. The summed E-state index contributed by atoms with van der Waals surface area (Å²) in [6.07, 6.45) is 3.92. The van der Waals surface area contributed by atoms with Crippen LogP contribution in [-0.2, 0) is 13.0 Å². The van der Waals surface area contributed by atoms with Gasteiger partial charge in [-0.25, -0.2) is 0 Å². The molecule has 0 saturated heterocycles. The molecule has 2 N–H and O–H groups in total. The van der Waals surface area contributed by atoms with Gasteiger partial charge in [0.1, 0.15) is 6.54 Å². The fraction of sp³-hybridized carbons (Fsp3) is 0.154. The minimum atomic E-state index is 0.417. The summed E-state index contributed by atoms with van der Waals surface area (Å²) in [6, 6.07) is 7.96. The normalized spacial score (nSPS) is 10.8. The van der Waals surface area contributed by atoms with Gasteiger partial charge >= 0.3 is 0 Å². The van der Waals surface area contributed by atoms with E-state index in [9.17, 15) is 0 Å². The first-order valence-electron chi connectivity index (χ1n) is 6.03. The Morgan fingerprint density at radius 1 is 1.30 bits per heavy atom. The van der Waals surface area contributed by atoms with Crippen LogP contribution in [0.15, 0.2) is 45.7 Å². The number of halogens is 1. The molecule has 0 fully saturated rings. The molecule has 20 heavy (non-hydrogen) atoms. The summed E-state index contributed by atoms with van der Waals surface area (Å²) < 4.78 is 7.90. The van der Waals surface area contributed by atoms with Gasteiger partial charge < -0.3 is 10.3 Å². The van der Waals surface area contributed by atoms with E-state index in [4.69, 9.17) is 10.3 Å². The van der Waals surface area contributed by atoms with Crippen molar-refractivity contribution >= 4 is 21.6 Å². The number of nitrogens with zero attached hydrogens (tertiary/aromatic N) is 4. The number of nitrogens with two attached hydrogens (primary N) is 1. The Morgan fingerprint density at radius 3 is 2.90 bits per heavy atom. The lowest BCUT2D eigenvalue weighted by molar-refractivity contribution is 0.362. The molecule has 0 radical (unpaired) electrons. The molecule has 0 unspecified atom stereocenters. The Kier molecular flexibility index (Phi) is 3.51. The van der Waals surface area contributed by atoms with Crippen LogP contribution in [0.5, 0.6) is 0 Å². The average molecular weight is 334 g/mol. The molecule has 102 valence electrons. The van der Waals surface area contributed by atoms with Crippen LogP contribution in [0.4, 0.5) is 5.69 Å². The summed E-state index contributed by atoms with van der Waals surface area (Å²) >= 11 is 3.50. The van der Waals surface area contributed by atoms with Crippen LogP contribution < -0.4 is 5.73 Å². The van der Waals surface area contributed by atoms with Crippen LogP contribution in [0, 0.1) is 0 Å². The molecule has 0 aliphatic rings. The third-order valence-electron chi connectivity index (χ3n) is 2.77. The van der Waals surface area contributed by atoms with Gasteiger partial charge in [0.15, 0.2) is 5.82 Å². The first-order chi connectivity index (χ1) is 9.70. The van der Waals surface area contributed by atoms with Gasteiger partial charge in [-0.2, -0.15) is 10.1 Å². The molecule has 3 aromatic rings. The van der Waals surface area contributed by atoms with Gasteiger partial charge in [0, 0.05) is 17.1 Å². The van der Waals surface area contributed by atoms with Gasteiger partial charge in [0.05, 0.1) is 11.9 Å². The van der Waals surface area contributed by atoms with Crippen molar-refractivity contribution in [1.82, 2.24) is 19.9 Å². The SMILES string of the molecule is Nc1cnn(Cc2nc(Cc3ccccc3Br)no2)c1. The Morgan fingerprint density at radius 2 is 2.15 bits per heavy atom. The molecule has 7 heteroatoms. The summed E-state index contributed by atoms with van der Waals surface area (Å²) in [5.74, 6) is 1.15.